The highest BCUT2D eigenvalue weighted by atomic mass is 16.5. The van der Waals surface area contributed by atoms with Gasteiger partial charge in [0, 0.05) is 19.2 Å². The molecule has 0 aliphatic heterocycles. The molecule has 2 aromatic rings. The molecule has 1 aromatic heterocycles. The van der Waals surface area contributed by atoms with Gasteiger partial charge in [0.05, 0.1) is 12.2 Å². The molecule has 102 valence electrons. The molecule has 1 aromatic carbocycles. The molecule has 0 saturated heterocycles. The maximum atomic E-state index is 5.31. The third-order valence-corrected chi connectivity index (χ3v) is 2.96. The van der Waals surface area contributed by atoms with Gasteiger partial charge in [-0.25, -0.2) is 0 Å². The number of aromatic nitrogens is 1. The van der Waals surface area contributed by atoms with Crippen molar-refractivity contribution in [2.24, 2.45) is 0 Å². The summed E-state index contributed by atoms with van der Waals surface area (Å²) in [4.78, 5) is 2.22. The molecule has 0 radical (unpaired) electrons. The van der Waals surface area contributed by atoms with Crippen LogP contribution in [0.5, 0.6) is 0 Å². The standard InChI is InChI=1S/C15H21N3O/c1-12-4-6-13(7-5-12)10-18(3)11-15-8-14(9-16-2)17-19-15/h4-8,16H,9-11H2,1-3H3. The number of benzene rings is 1. The van der Waals surface area contributed by atoms with Crippen LogP contribution >= 0.6 is 0 Å². The van der Waals surface area contributed by atoms with Gasteiger partial charge >= 0.3 is 0 Å². The Kier molecular flexibility index (Phi) is 4.71. The molecule has 0 spiro atoms. The second-order valence-corrected chi connectivity index (χ2v) is 4.97. The first kappa shape index (κ1) is 13.8. The van der Waals surface area contributed by atoms with Gasteiger partial charge in [0.1, 0.15) is 0 Å². The summed E-state index contributed by atoms with van der Waals surface area (Å²) in [7, 11) is 3.98. The average molecular weight is 259 g/mol. The molecule has 0 aliphatic carbocycles. The van der Waals surface area contributed by atoms with E-state index in [0.717, 1.165) is 31.1 Å². The smallest absolute Gasteiger partial charge is 0.151 e. The van der Waals surface area contributed by atoms with Crippen LogP contribution in [-0.4, -0.2) is 24.2 Å². The van der Waals surface area contributed by atoms with Gasteiger partial charge in [-0.3, -0.25) is 4.90 Å². The van der Waals surface area contributed by atoms with Crippen molar-refractivity contribution in [2.75, 3.05) is 14.1 Å². The predicted octanol–water partition coefficient (Wildman–Crippen LogP) is 2.33. The van der Waals surface area contributed by atoms with Gasteiger partial charge in [0.25, 0.3) is 0 Å². The van der Waals surface area contributed by atoms with Crippen molar-refractivity contribution < 1.29 is 4.52 Å². The molecule has 0 fully saturated rings. The molecular formula is C15H21N3O. The fourth-order valence-corrected chi connectivity index (χ4v) is 2.02. The molecule has 1 N–H and O–H groups in total. The Morgan fingerprint density at radius 1 is 1.21 bits per heavy atom. The van der Waals surface area contributed by atoms with E-state index in [2.05, 4.69) is 53.6 Å². The van der Waals surface area contributed by atoms with Crippen molar-refractivity contribution in [1.29, 1.82) is 0 Å². The highest BCUT2D eigenvalue weighted by Crippen LogP contribution is 2.10. The lowest BCUT2D eigenvalue weighted by Gasteiger charge is -2.14. The minimum atomic E-state index is 0.741. The Morgan fingerprint density at radius 3 is 2.63 bits per heavy atom. The van der Waals surface area contributed by atoms with E-state index < -0.39 is 0 Å². The van der Waals surface area contributed by atoms with Crippen LogP contribution in [0.15, 0.2) is 34.9 Å². The van der Waals surface area contributed by atoms with Crippen LogP contribution in [0.2, 0.25) is 0 Å². The number of rotatable bonds is 6. The molecule has 19 heavy (non-hydrogen) atoms. The first-order chi connectivity index (χ1) is 9.17. The quantitative estimate of drug-likeness (QED) is 0.864. The van der Waals surface area contributed by atoms with Crippen LogP contribution in [-0.2, 0) is 19.6 Å². The van der Waals surface area contributed by atoms with E-state index in [1.165, 1.54) is 11.1 Å². The van der Waals surface area contributed by atoms with Gasteiger partial charge in [0.2, 0.25) is 0 Å². The van der Waals surface area contributed by atoms with E-state index in [4.69, 9.17) is 4.52 Å². The Labute approximate surface area is 114 Å². The summed E-state index contributed by atoms with van der Waals surface area (Å²) < 4.78 is 5.31. The lowest BCUT2D eigenvalue weighted by molar-refractivity contribution is 0.265. The summed E-state index contributed by atoms with van der Waals surface area (Å²) in [5.74, 6) is 0.903. The molecule has 0 bridgehead atoms. The zero-order valence-electron chi connectivity index (χ0n) is 11.8. The van der Waals surface area contributed by atoms with E-state index >= 15 is 0 Å². The third kappa shape index (κ3) is 4.19. The highest BCUT2D eigenvalue weighted by Gasteiger charge is 2.07. The molecule has 0 atom stereocenters. The van der Waals surface area contributed by atoms with Gasteiger partial charge in [-0.05, 0) is 26.6 Å². The topological polar surface area (TPSA) is 41.3 Å². The number of hydrogen-bond donors (Lipinski definition) is 1. The largest absolute Gasteiger partial charge is 0.360 e. The second-order valence-electron chi connectivity index (χ2n) is 4.97. The minimum absolute atomic E-state index is 0.741. The normalized spacial score (nSPS) is 11.2. The van der Waals surface area contributed by atoms with E-state index in [1.54, 1.807) is 0 Å². The molecule has 0 unspecified atom stereocenters. The van der Waals surface area contributed by atoms with E-state index in [0.29, 0.717) is 0 Å². The predicted molar refractivity (Wildman–Crippen MR) is 75.6 cm³/mol. The van der Waals surface area contributed by atoms with Crippen LogP contribution < -0.4 is 5.32 Å². The Balaban J connectivity index is 1.89. The third-order valence-electron chi connectivity index (χ3n) is 2.96. The summed E-state index contributed by atoms with van der Waals surface area (Å²) in [6.07, 6.45) is 0. The summed E-state index contributed by atoms with van der Waals surface area (Å²) in [6, 6.07) is 10.6. The number of hydrogen-bond acceptors (Lipinski definition) is 4. The second kappa shape index (κ2) is 6.50. The molecule has 1 heterocycles. The maximum absolute atomic E-state index is 5.31. The van der Waals surface area contributed by atoms with Crippen molar-refractivity contribution in [3.63, 3.8) is 0 Å². The minimum Gasteiger partial charge on any atom is -0.360 e. The van der Waals surface area contributed by atoms with E-state index in [1.807, 2.05) is 13.1 Å². The average Bonchev–Trinajstić information content (AvgIpc) is 2.80. The number of aryl methyl sites for hydroxylation is 1. The summed E-state index contributed by atoms with van der Waals surface area (Å²) in [6.45, 7) is 4.52. The van der Waals surface area contributed by atoms with Crippen LogP contribution in [0, 0.1) is 6.92 Å². The van der Waals surface area contributed by atoms with Crippen LogP contribution in [0.3, 0.4) is 0 Å². The number of nitrogens with zero attached hydrogens (tertiary/aromatic N) is 2. The van der Waals surface area contributed by atoms with E-state index in [9.17, 15) is 0 Å². The SMILES string of the molecule is CNCc1cc(CN(C)Cc2ccc(C)cc2)on1. The Morgan fingerprint density at radius 2 is 1.95 bits per heavy atom. The summed E-state index contributed by atoms with van der Waals surface area (Å²) in [5.41, 5.74) is 3.54. The van der Waals surface area contributed by atoms with Crippen LogP contribution in [0.1, 0.15) is 22.6 Å². The van der Waals surface area contributed by atoms with E-state index in [-0.39, 0.29) is 0 Å². The molecule has 0 amide bonds. The molecule has 0 aliphatic rings. The van der Waals surface area contributed by atoms with Crippen molar-refractivity contribution >= 4 is 0 Å². The van der Waals surface area contributed by atoms with Crippen LogP contribution in [0.4, 0.5) is 0 Å². The van der Waals surface area contributed by atoms with Gasteiger partial charge < -0.3 is 9.84 Å². The zero-order valence-corrected chi connectivity index (χ0v) is 11.8. The fraction of sp³-hybridized carbons (Fsp3) is 0.400. The van der Waals surface area contributed by atoms with Gasteiger partial charge in [-0.15, -0.1) is 0 Å². The molecule has 4 heteroatoms. The maximum Gasteiger partial charge on any atom is 0.151 e. The van der Waals surface area contributed by atoms with Crippen molar-refractivity contribution in [1.82, 2.24) is 15.4 Å². The number of nitrogens with one attached hydrogen (secondary N) is 1. The molecule has 4 nitrogen and oxygen atoms in total. The molecule has 2 rings (SSSR count). The summed E-state index contributed by atoms with van der Waals surface area (Å²) >= 11 is 0. The van der Waals surface area contributed by atoms with Crippen molar-refractivity contribution in [3.05, 3.63) is 52.9 Å². The van der Waals surface area contributed by atoms with Gasteiger partial charge in [0.15, 0.2) is 5.76 Å². The molecule has 0 saturated carbocycles. The lowest BCUT2D eigenvalue weighted by Crippen LogP contribution is -2.16. The monoisotopic (exact) mass is 259 g/mol. The first-order valence-corrected chi connectivity index (χ1v) is 6.50. The summed E-state index contributed by atoms with van der Waals surface area (Å²) in [5, 5.41) is 7.07. The first-order valence-electron chi connectivity index (χ1n) is 6.50. The zero-order chi connectivity index (χ0) is 13.7. The highest BCUT2D eigenvalue weighted by molar-refractivity contribution is 5.21. The Bertz CT molecular complexity index is 504. The molecular weight excluding hydrogens is 238 g/mol. The fourth-order valence-electron chi connectivity index (χ4n) is 2.02. The lowest BCUT2D eigenvalue weighted by atomic mass is 10.1. The van der Waals surface area contributed by atoms with Crippen LogP contribution in [0.25, 0.3) is 0 Å². The van der Waals surface area contributed by atoms with Gasteiger partial charge in [-0.1, -0.05) is 35.0 Å². The van der Waals surface area contributed by atoms with Crippen molar-refractivity contribution in [2.45, 2.75) is 26.6 Å². The van der Waals surface area contributed by atoms with Crippen molar-refractivity contribution in [3.8, 4) is 0 Å². The van der Waals surface area contributed by atoms with Gasteiger partial charge in [-0.2, -0.15) is 0 Å². The Hall–Kier alpha value is -1.65.